The second-order valence-electron chi connectivity index (χ2n) is 6.32. The maximum Gasteiger partial charge on any atom is 0.233 e. The minimum atomic E-state index is 0.138. The second kappa shape index (κ2) is 8.26. The van der Waals surface area contributed by atoms with Crippen LogP contribution in [0.3, 0.4) is 0 Å². The molecule has 3 aromatic rings. The molecule has 0 bridgehead atoms. The van der Waals surface area contributed by atoms with Crippen LogP contribution < -0.4 is 4.90 Å². The molecule has 1 N–H and O–H groups in total. The van der Waals surface area contributed by atoms with Crippen molar-refractivity contribution in [2.45, 2.75) is 5.16 Å². The first-order valence-corrected chi connectivity index (χ1v) is 9.96. The molecule has 0 saturated carbocycles. The summed E-state index contributed by atoms with van der Waals surface area (Å²) in [7, 11) is 0. The van der Waals surface area contributed by atoms with E-state index in [9.17, 15) is 4.79 Å². The third-order valence-corrected chi connectivity index (χ3v) is 5.42. The number of anilines is 1. The molecule has 0 radical (unpaired) electrons. The monoisotopic (exact) mass is 379 g/mol. The third kappa shape index (κ3) is 4.31. The van der Waals surface area contributed by atoms with Crippen LogP contribution in [-0.4, -0.2) is 57.9 Å². The molecule has 0 aliphatic carbocycles. The van der Waals surface area contributed by atoms with Gasteiger partial charge in [0.25, 0.3) is 0 Å². The average molecular weight is 379 g/mol. The molecule has 27 heavy (non-hydrogen) atoms. The highest BCUT2D eigenvalue weighted by molar-refractivity contribution is 7.99. The Morgan fingerprint density at radius 1 is 0.963 bits per heavy atom. The Balaban J connectivity index is 1.27. The molecule has 2 heterocycles. The smallest absolute Gasteiger partial charge is 0.233 e. The number of carbonyl (C=O) groups excluding carboxylic acids is 1. The van der Waals surface area contributed by atoms with E-state index in [2.05, 4.69) is 32.2 Å². The number of carbonyl (C=O) groups is 1. The molecule has 7 heteroatoms. The van der Waals surface area contributed by atoms with Crippen molar-refractivity contribution in [3.05, 3.63) is 60.7 Å². The summed E-state index contributed by atoms with van der Waals surface area (Å²) in [5, 5.41) is 7.75. The van der Waals surface area contributed by atoms with Gasteiger partial charge in [-0.25, -0.2) is 4.98 Å². The number of hydrogen-bond donors (Lipinski definition) is 1. The highest BCUT2D eigenvalue weighted by Gasteiger charge is 2.21. The first-order chi connectivity index (χ1) is 13.3. The van der Waals surface area contributed by atoms with Gasteiger partial charge in [0.15, 0.2) is 5.82 Å². The Morgan fingerprint density at radius 2 is 1.63 bits per heavy atom. The fourth-order valence-electron chi connectivity index (χ4n) is 3.11. The lowest BCUT2D eigenvalue weighted by Gasteiger charge is -2.36. The molecule has 4 rings (SSSR count). The zero-order chi connectivity index (χ0) is 18.5. The summed E-state index contributed by atoms with van der Waals surface area (Å²) in [6.45, 7) is 3.22. The Kier molecular flexibility index (Phi) is 5.39. The van der Waals surface area contributed by atoms with Gasteiger partial charge in [-0.05, 0) is 12.1 Å². The van der Waals surface area contributed by atoms with E-state index in [-0.39, 0.29) is 5.91 Å². The number of benzene rings is 2. The fraction of sp³-hybridized carbons (Fsp3) is 0.250. The summed E-state index contributed by atoms with van der Waals surface area (Å²) in [5.74, 6) is 1.22. The van der Waals surface area contributed by atoms with E-state index < -0.39 is 0 Å². The summed E-state index contributed by atoms with van der Waals surface area (Å²) in [5.41, 5.74) is 2.20. The number of piperazine rings is 1. The van der Waals surface area contributed by atoms with E-state index in [4.69, 9.17) is 0 Å². The quantitative estimate of drug-likeness (QED) is 0.691. The summed E-state index contributed by atoms with van der Waals surface area (Å²) >= 11 is 1.38. The second-order valence-corrected chi connectivity index (χ2v) is 7.27. The number of H-pyrrole nitrogens is 1. The zero-order valence-electron chi connectivity index (χ0n) is 14.9. The number of amides is 1. The lowest BCUT2D eigenvalue weighted by Crippen LogP contribution is -2.49. The van der Waals surface area contributed by atoms with Gasteiger partial charge in [0.05, 0.1) is 5.75 Å². The molecular formula is C20H21N5OS. The van der Waals surface area contributed by atoms with E-state index in [1.807, 2.05) is 53.4 Å². The van der Waals surface area contributed by atoms with Crippen LogP contribution >= 0.6 is 11.8 Å². The molecule has 0 atom stereocenters. The number of nitrogens with zero attached hydrogens (tertiary/aromatic N) is 4. The SMILES string of the molecule is O=C(CSc1n[nH]c(-c2ccccc2)n1)N1CCN(c2ccccc2)CC1. The molecule has 2 aromatic carbocycles. The molecule has 1 aliphatic rings. The van der Waals surface area contributed by atoms with E-state index in [0.29, 0.717) is 10.9 Å². The van der Waals surface area contributed by atoms with Crippen molar-refractivity contribution in [3.8, 4) is 11.4 Å². The molecule has 1 saturated heterocycles. The number of aromatic nitrogens is 3. The number of nitrogens with one attached hydrogen (secondary N) is 1. The largest absolute Gasteiger partial charge is 0.368 e. The molecule has 0 spiro atoms. The minimum Gasteiger partial charge on any atom is -0.368 e. The standard InChI is InChI=1S/C20H21N5OS/c26-18(25-13-11-24(12-14-25)17-9-5-2-6-10-17)15-27-20-21-19(22-23-20)16-7-3-1-4-8-16/h1-10H,11-15H2,(H,21,22,23). The molecular weight excluding hydrogens is 358 g/mol. The fourth-order valence-corrected chi connectivity index (χ4v) is 3.81. The van der Waals surface area contributed by atoms with Crippen molar-refractivity contribution in [1.29, 1.82) is 0 Å². The minimum absolute atomic E-state index is 0.138. The van der Waals surface area contributed by atoms with Gasteiger partial charge < -0.3 is 9.80 Å². The predicted octanol–water partition coefficient (Wildman–Crippen LogP) is 2.91. The molecule has 6 nitrogen and oxygen atoms in total. The average Bonchev–Trinajstić information content (AvgIpc) is 3.22. The van der Waals surface area contributed by atoms with Crippen molar-refractivity contribution in [3.63, 3.8) is 0 Å². The van der Waals surface area contributed by atoms with Gasteiger partial charge in [-0.3, -0.25) is 9.89 Å². The topological polar surface area (TPSA) is 65.1 Å². The third-order valence-electron chi connectivity index (χ3n) is 4.59. The van der Waals surface area contributed by atoms with Gasteiger partial charge in [0.2, 0.25) is 11.1 Å². The van der Waals surface area contributed by atoms with E-state index in [0.717, 1.165) is 37.6 Å². The highest BCUT2D eigenvalue weighted by atomic mass is 32.2. The Morgan fingerprint density at radius 3 is 2.33 bits per heavy atom. The van der Waals surface area contributed by atoms with Crippen LogP contribution in [0.5, 0.6) is 0 Å². The molecule has 1 amide bonds. The zero-order valence-corrected chi connectivity index (χ0v) is 15.7. The normalized spacial score (nSPS) is 14.4. The number of hydrogen-bond acceptors (Lipinski definition) is 5. The molecule has 1 aromatic heterocycles. The summed E-state index contributed by atoms with van der Waals surface area (Å²) in [6, 6.07) is 20.2. The maximum atomic E-state index is 12.5. The van der Waals surface area contributed by atoms with E-state index in [1.165, 1.54) is 17.4 Å². The van der Waals surface area contributed by atoms with Gasteiger partial charge >= 0.3 is 0 Å². The van der Waals surface area contributed by atoms with Gasteiger partial charge in [0.1, 0.15) is 0 Å². The number of rotatable bonds is 5. The number of para-hydroxylation sites is 1. The van der Waals surface area contributed by atoms with Crippen molar-refractivity contribution in [1.82, 2.24) is 20.1 Å². The lowest BCUT2D eigenvalue weighted by atomic mass is 10.2. The van der Waals surface area contributed by atoms with Crippen molar-refractivity contribution >= 4 is 23.4 Å². The van der Waals surface area contributed by atoms with Crippen LogP contribution in [0, 0.1) is 0 Å². The van der Waals surface area contributed by atoms with Crippen molar-refractivity contribution in [2.75, 3.05) is 36.8 Å². The van der Waals surface area contributed by atoms with Crippen LogP contribution in [0.4, 0.5) is 5.69 Å². The summed E-state index contributed by atoms with van der Waals surface area (Å²) in [4.78, 5) is 21.2. The van der Waals surface area contributed by atoms with E-state index >= 15 is 0 Å². The molecule has 1 fully saturated rings. The molecule has 1 aliphatic heterocycles. The summed E-state index contributed by atoms with van der Waals surface area (Å²) < 4.78 is 0. The molecule has 0 unspecified atom stereocenters. The predicted molar refractivity (Wildman–Crippen MR) is 108 cm³/mol. The van der Waals surface area contributed by atoms with Crippen LogP contribution in [0.15, 0.2) is 65.8 Å². The van der Waals surface area contributed by atoms with Gasteiger partial charge in [-0.1, -0.05) is 60.3 Å². The summed E-state index contributed by atoms with van der Waals surface area (Å²) in [6.07, 6.45) is 0. The van der Waals surface area contributed by atoms with Crippen molar-refractivity contribution < 1.29 is 4.79 Å². The van der Waals surface area contributed by atoms with Crippen LogP contribution in [-0.2, 0) is 4.79 Å². The van der Waals surface area contributed by atoms with Crippen LogP contribution in [0.2, 0.25) is 0 Å². The molecule has 138 valence electrons. The van der Waals surface area contributed by atoms with Gasteiger partial charge in [-0.15, -0.1) is 5.10 Å². The Bertz CT molecular complexity index is 876. The number of thioether (sulfide) groups is 1. The lowest BCUT2D eigenvalue weighted by molar-refractivity contribution is -0.128. The maximum absolute atomic E-state index is 12.5. The Labute approximate surface area is 162 Å². The number of aromatic amines is 1. The first kappa shape index (κ1) is 17.6. The van der Waals surface area contributed by atoms with E-state index in [1.54, 1.807) is 0 Å². The first-order valence-electron chi connectivity index (χ1n) is 8.98. The Hall–Kier alpha value is -2.80. The van der Waals surface area contributed by atoms with Gasteiger partial charge in [-0.2, -0.15) is 0 Å². The van der Waals surface area contributed by atoms with Crippen LogP contribution in [0.25, 0.3) is 11.4 Å². The highest BCUT2D eigenvalue weighted by Crippen LogP contribution is 2.20. The van der Waals surface area contributed by atoms with Crippen molar-refractivity contribution in [2.24, 2.45) is 0 Å². The van der Waals surface area contributed by atoms with Gasteiger partial charge in [0, 0.05) is 37.4 Å². The van der Waals surface area contributed by atoms with Crippen LogP contribution in [0.1, 0.15) is 0 Å².